The number of carbonyl (C=O) groups is 2. The molecule has 1 aromatic heterocycles. The van der Waals surface area contributed by atoms with E-state index >= 15 is 0 Å². The van der Waals surface area contributed by atoms with E-state index in [0.717, 1.165) is 33.3 Å². The number of hydrogen-bond acceptors (Lipinski definition) is 2. The lowest BCUT2D eigenvalue weighted by molar-refractivity contribution is -0.125. The summed E-state index contributed by atoms with van der Waals surface area (Å²) in [7, 11) is 0. The smallest absolute Gasteiger partial charge is 0.317 e. The highest BCUT2D eigenvalue weighted by Gasteiger charge is 2.34. The number of nitrogens with one attached hydrogen (secondary N) is 2. The van der Waals surface area contributed by atoms with E-state index in [4.69, 9.17) is 5.73 Å². The van der Waals surface area contributed by atoms with Crippen molar-refractivity contribution < 1.29 is 9.59 Å². The molecule has 1 fully saturated rings. The highest BCUT2D eigenvalue weighted by Crippen LogP contribution is 2.38. The number of carbonyl (C=O) groups excluding carboxylic acids is 2. The van der Waals surface area contributed by atoms with Crippen LogP contribution in [0.4, 0.5) is 4.79 Å². The van der Waals surface area contributed by atoms with Gasteiger partial charge in [0.1, 0.15) is 0 Å². The molecule has 0 bridgehead atoms. The number of aromatic nitrogens is 1. The molecular weight excluding hydrogens is 412 g/mol. The van der Waals surface area contributed by atoms with Gasteiger partial charge >= 0.3 is 6.03 Å². The quantitative estimate of drug-likeness (QED) is 0.423. The Labute approximate surface area is 192 Å². The molecule has 1 unspecified atom stereocenters. The van der Waals surface area contributed by atoms with E-state index in [-0.39, 0.29) is 23.8 Å². The van der Waals surface area contributed by atoms with Gasteiger partial charge in [0, 0.05) is 36.5 Å². The minimum absolute atomic E-state index is 0.0604. The number of fused-ring (bicyclic) bond motifs is 1. The third-order valence-corrected chi connectivity index (χ3v) is 6.39. The highest BCUT2D eigenvalue weighted by molar-refractivity contribution is 5.92. The lowest BCUT2D eigenvalue weighted by Crippen LogP contribution is -2.57. The number of nitrogens with zero attached hydrogens (tertiary/aromatic N) is 1. The average molecular weight is 439 g/mol. The van der Waals surface area contributed by atoms with Crippen LogP contribution in [0.1, 0.15) is 17.0 Å². The average Bonchev–Trinajstić information content (AvgIpc) is 3.19. The van der Waals surface area contributed by atoms with Crippen LogP contribution in [0.2, 0.25) is 0 Å². The third kappa shape index (κ3) is 4.07. The Balaban J connectivity index is 1.51. The molecule has 1 saturated heterocycles. The molecule has 0 radical (unpaired) electrons. The van der Waals surface area contributed by atoms with Crippen molar-refractivity contribution in [1.29, 1.82) is 0 Å². The van der Waals surface area contributed by atoms with Gasteiger partial charge in [0.25, 0.3) is 0 Å². The molecule has 0 aliphatic carbocycles. The minimum atomic E-state index is -0.354. The number of para-hydroxylation sites is 1. The number of benzene rings is 3. The standard InChI is InChI=1S/C27H26N4O2/c28-26(32)20-16-31(17-20)27(33)29-15-22(18-9-3-1-4-10-18)24-21-13-7-8-14-23(21)30-25(24)19-11-5-2-6-12-19/h1-14,20,22,30H,15-17H2,(H2,28,32)(H,29,33). The zero-order valence-corrected chi connectivity index (χ0v) is 18.2. The van der Waals surface area contributed by atoms with E-state index in [1.165, 1.54) is 0 Å². The maximum atomic E-state index is 12.8. The second kappa shape index (κ2) is 8.82. The second-order valence-electron chi connectivity index (χ2n) is 8.48. The number of rotatable bonds is 6. The molecule has 0 saturated carbocycles. The van der Waals surface area contributed by atoms with Gasteiger partial charge in [-0.2, -0.15) is 0 Å². The number of urea groups is 1. The second-order valence-corrected chi connectivity index (χ2v) is 8.48. The number of primary amides is 1. The maximum absolute atomic E-state index is 12.8. The fraction of sp³-hybridized carbons (Fsp3) is 0.185. The number of hydrogen-bond donors (Lipinski definition) is 3. The lowest BCUT2D eigenvalue weighted by atomic mass is 9.87. The van der Waals surface area contributed by atoms with Crippen molar-refractivity contribution in [3.05, 3.63) is 96.1 Å². The number of likely N-dealkylation sites (tertiary alicyclic amines) is 1. The first kappa shape index (κ1) is 20.8. The molecule has 2 heterocycles. The Morgan fingerprint density at radius 1 is 0.939 bits per heavy atom. The van der Waals surface area contributed by atoms with Crippen molar-refractivity contribution in [2.45, 2.75) is 5.92 Å². The van der Waals surface area contributed by atoms with Gasteiger partial charge in [-0.25, -0.2) is 4.79 Å². The van der Waals surface area contributed by atoms with Crippen molar-refractivity contribution in [3.8, 4) is 11.3 Å². The van der Waals surface area contributed by atoms with Crippen LogP contribution in [0.5, 0.6) is 0 Å². The minimum Gasteiger partial charge on any atom is -0.369 e. The van der Waals surface area contributed by atoms with Crippen LogP contribution in [-0.4, -0.2) is 41.5 Å². The molecule has 0 spiro atoms. The van der Waals surface area contributed by atoms with Gasteiger partial charge in [0.2, 0.25) is 5.91 Å². The monoisotopic (exact) mass is 438 g/mol. The lowest BCUT2D eigenvalue weighted by Gasteiger charge is -2.37. The zero-order chi connectivity index (χ0) is 22.8. The van der Waals surface area contributed by atoms with Crippen LogP contribution >= 0.6 is 0 Å². The van der Waals surface area contributed by atoms with Crippen molar-refractivity contribution in [1.82, 2.24) is 15.2 Å². The van der Waals surface area contributed by atoms with E-state index < -0.39 is 0 Å². The Morgan fingerprint density at radius 3 is 2.27 bits per heavy atom. The van der Waals surface area contributed by atoms with Crippen molar-refractivity contribution >= 4 is 22.8 Å². The molecule has 3 aromatic carbocycles. The third-order valence-electron chi connectivity index (χ3n) is 6.39. The molecule has 166 valence electrons. The van der Waals surface area contributed by atoms with E-state index in [1.807, 2.05) is 48.5 Å². The van der Waals surface area contributed by atoms with E-state index in [9.17, 15) is 9.59 Å². The van der Waals surface area contributed by atoms with E-state index in [2.05, 4.69) is 46.7 Å². The summed E-state index contributed by atoms with van der Waals surface area (Å²) in [5.41, 5.74) is 10.8. The fourth-order valence-corrected chi connectivity index (χ4v) is 4.56. The summed E-state index contributed by atoms with van der Waals surface area (Å²) in [5.74, 6) is -0.666. The van der Waals surface area contributed by atoms with Gasteiger partial charge in [0.15, 0.2) is 0 Å². The molecular formula is C27H26N4O2. The molecule has 1 aliphatic rings. The van der Waals surface area contributed by atoms with Gasteiger partial charge in [-0.15, -0.1) is 0 Å². The van der Waals surface area contributed by atoms with Gasteiger partial charge in [-0.3, -0.25) is 4.79 Å². The van der Waals surface area contributed by atoms with Crippen LogP contribution in [-0.2, 0) is 4.79 Å². The summed E-state index contributed by atoms with van der Waals surface area (Å²) >= 11 is 0. The van der Waals surface area contributed by atoms with Gasteiger partial charge in [-0.05, 0) is 22.8 Å². The number of amides is 3. The predicted molar refractivity (Wildman–Crippen MR) is 130 cm³/mol. The van der Waals surface area contributed by atoms with Crippen LogP contribution in [0.3, 0.4) is 0 Å². The molecule has 4 N–H and O–H groups in total. The Morgan fingerprint density at radius 2 is 1.58 bits per heavy atom. The number of nitrogens with two attached hydrogens (primary N) is 1. The van der Waals surface area contributed by atoms with E-state index in [1.54, 1.807) is 4.90 Å². The summed E-state index contributed by atoms with van der Waals surface area (Å²) in [6, 6.07) is 28.6. The van der Waals surface area contributed by atoms with Crippen molar-refractivity contribution in [2.24, 2.45) is 11.7 Å². The topological polar surface area (TPSA) is 91.2 Å². The number of aromatic amines is 1. The van der Waals surface area contributed by atoms with E-state index in [0.29, 0.717) is 19.6 Å². The van der Waals surface area contributed by atoms with Crippen LogP contribution in [0, 0.1) is 5.92 Å². The maximum Gasteiger partial charge on any atom is 0.317 e. The molecule has 3 amide bonds. The first-order valence-electron chi connectivity index (χ1n) is 11.1. The van der Waals surface area contributed by atoms with Gasteiger partial charge < -0.3 is 20.9 Å². The Bertz CT molecular complexity index is 1280. The molecule has 33 heavy (non-hydrogen) atoms. The largest absolute Gasteiger partial charge is 0.369 e. The molecule has 1 atom stereocenters. The van der Waals surface area contributed by atoms with Crippen LogP contribution in [0.15, 0.2) is 84.9 Å². The normalized spacial score (nSPS) is 14.6. The summed E-state index contributed by atoms with van der Waals surface area (Å²) in [4.78, 5) is 29.3. The first-order chi connectivity index (χ1) is 16.1. The molecule has 5 rings (SSSR count). The summed E-state index contributed by atoms with van der Waals surface area (Å²) in [6.45, 7) is 1.18. The zero-order valence-electron chi connectivity index (χ0n) is 18.2. The molecule has 1 aliphatic heterocycles. The first-order valence-corrected chi connectivity index (χ1v) is 11.1. The van der Waals surface area contributed by atoms with Crippen molar-refractivity contribution in [3.63, 3.8) is 0 Å². The SMILES string of the molecule is NC(=O)C1CN(C(=O)NCC(c2ccccc2)c2c(-c3ccccc3)[nH]c3ccccc23)C1. The van der Waals surface area contributed by atoms with Crippen LogP contribution in [0.25, 0.3) is 22.2 Å². The van der Waals surface area contributed by atoms with Gasteiger partial charge in [-0.1, -0.05) is 78.9 Å². The molecule has 6 nitrogen and oxygen atoms in total. The summed E-state index contributed by atoms with van der Waals surface area (Å²) in [6.07, 6.45) is 0. The number of H-pyrrole nitrogens is 1. The summed E-state index contributed by atoms with van der Waals surface area (Å²) < 4.78 is 0. The fourth-order valence-electron chi connectivity index (χ4n) is 4.56. The molecule has 6 heteroatoms. The van der Waals surface area contributed by atoms with Crippen molar-refractivity contribution in [2.75, 3.05) is 19.6 Å². The van der Waals surface area contributed by atoms with Crippen LogP contribution < -0.4 is 11.1 Å². The Hall–Kier alpha value is -4.06. The summed E-state index contributed by atoms with van der Waals surface area (Å²) in [5, 5.41) is 4.23. The molecule has 4 aromatic rings. The Kier molecular flexibility index (Phi) is 5.57. The predicted octanol–water partition coefficient (Wildman–Crippen LogP) is 4.09. The highest BCUT2D eigenvalue weighted by atomic mass is 16.2. The van der Waals surface area contributed by atoms with Gasteiger partial charge in [0.05, 0.1) is 11.6 Å².